The normalized spacial score (nSPS) is 21.4. The second-order valence-corrected chi connectivity index (χ2v) is 4.82. The quantitative estimate of drug-likeness (QED) is 0.863. The molecule has 0 spiro atoms. The summed E-state index contributed by atoms with van der Waals surface area (Å²) in [6, 6.07) is 8.46. The van der Waals surface area contributed by atoms with Crippen molar-refractivity contribution in [2.75, 3.05) is 20.2 Å². The van der Waals surface area contributed by atoms with Gasteiger partial charge < -0.3 is 10.1 Å². The van der Waals surface area contributed by atoms with Crippen molar-refractivity contribution in [2.45, 2.75) is 24.7 Å². The summed E-state index contributed by atoms with van der Waals surface area (Å²) in [4.78, 5) is 4.62. The van der Waals surface area contributed by atoms with Crippen LogP contribution in [0, 0.1) is 0 Å². The molecule has 0 amide bonds. The van der Waals surface area contributed by atoms with Crippen LogP contribution < -0.4 is 10.1 Å². The lowest BCUT2D eigenvalue weighted by atomic mass is 9.63. The minimum absolute atomic E-state index is 0.169. The minimum Gasteiger partial charge on any atom is -0.497 e. The second kappa shape index (κ2) is 4.06. The predicted octanol–water partition coefficient (Wildman–Crippen LogP) is 2.12. The van der Waals surface area contributed by atoms with E-state index in [0.29, 0.717) is 0 Å². The fraction of sp³-hybridized carbons (Fsp3) is 0.500. The molecule has 0 unspecified atom stereocenters. The van der Waals surface area contributed by atoms with Gasteiger partial charge >= 0.3 is 0 Å². The monoisotopic (exact) mass is 230 g/mol. The lowest BCUT2D eigenvalue weighted by Crippen LogP contribution is -2.47. The Labute approximate surface area is 102 Å². The first-order chi connectivity index (χ1) is 8.35. The Bertz CT molecular complexity index is 432. The number of rotatable bonds is 3. The van der Waals surface area contributed by atoms with Crippen LogP contribution in [0.25, 0.3) is 0 Å². The predicted molar refractivity (Wildman–Crippen MR) is 68.8 cm³/mol. The van der Waals surface area contributed by atoms with Crippen molar-refractivity contribution in [2.24, 2.45) is 4.99 Å². The van der Waals surface area contributed by atoms with Crippen LogP contribution in [0.1, 0.15) is 24.8 Å². The maximum Gasteiger partial charge on any atom is 0.118 e. The van der Waals surface area contributed by atoms with E-state index in [4.69, 9.17) is 4.74 Å². The van der Waals surface area contributed by atoms with Gasteiger partial charge in [0, 0.05) is 6.54 Å². The molecule has 1 saturated carbocycles. The largest absolute Gasteiger partial charge is 0.497 e. The molecule has 0 atom stereocenters. The first-order valence-corrected chi connectivity index (χ1v) is 6.28. The number of nitrogens with one attached hydrogen (secondary N) is 1. The number of aliphatic imine (C=N–C) groups is 1. The van der Waals surface area contributed by atoms with Gasteiger partial charge in [-0.25, -0.2) is 0 Å². The minimum atomic E-state index is 0.169. The van der Waals surface area contributed by atoms with E-state index < -0.39 is 0 Å². The van der Waals surface area contributed by atoms with Gasteiger partial charge in [-0.3, -0.25) is 4.99 Å². The molecule has 0 saturated heterocycles. The van der Waals surface area contributed by atoms with Gasteiger partial charge in [0.1, 0.15) is 11.6 Å². The van der Waals surface area contributed by atoms with Crippen LogP contribution in [0.5, 0.6) is 5.75 Å². The van der Waals surface area contributed by atoms with Gasteiger partial charge in [-0.15, -0.1) is 0 Å². The molecule has 1 fully saturated rings. The molecule has 0 radical (unpaired) electrons. The Morgan fingerprint density at radius 2 is 2.00 bits per heavy atom. The van der Waals surface area contributed by atoms with E-state index in [1.807, 2.05) is 12.1 Å². The number of methoxy groups -OCH3 is 1. The second-order valence-electron chi connectivity index (χ2n) is 4.82. The van der Waals surface area contributed by atoms with Gasteiger partial charge in [0.05, 0.1) is 19.1 Å². The van der Waals surface area contributed by atoms with E-state index >= 15 is 0 Å². The Kier molecular flexibility index (Phi) is 2.54. The molecule has 2 aliphatic rings. The van der Waals surface area contributed by atoms with Crippen LogP contribution in [-0.4, -0.2) is 26.0 Å². The summed E-state index contributed by atoms with van der Waals surface area (Å²) in [5, 5.41) is 3.45. The highest BCUT2D eigenvalue weighted by Crippen LogP contribution is 2.45. The van der Waals surface area contributed by atoms with E-state index in [-0.39, 0.29) is 5.41 Å². The molecule has 3 rings (SSSR count). The molecule has 1 aliphatic heterocycles. The highest BCUT2D eigenvalue weighted by molar-refractivity contribution is 5.95. The summed E-state index contributed by atoms with van der Waals surface area (Å²) in [5.74, 6) is 2.12. The zero-order valence-electron chi connectivity index (χ0n) is 10.2. The van der Waals surface area contributed by atoms with Crippen molar-refractivity contribution in [1.82, 2.24) is 5.32 Å². The SMILES string of the molecule is COc1ccc(C2(C3=NCCN3)CCC2)cc1. The molecule has 1 aliphatic carbocycles. The van der Waals surface area contributed by atoms with Gasteiger partial charge in [-0.1, -0.05) is 18.6 Å². The summed E-state index contributed by atoms with van der Waals surface area (Å²) in [6.07, 6.45) is 3.73. The highest BCUT2D eigenvalue weighted by Gasteiger charge is 2.44. The average molecular weight is 230 g/mol. The van der Waals surface area contributed by atoms with E-state index in [2.05, 4.69) is 22.4 Å². The molecule has 1 aromatic carbocycles. The number of hydrogen-bond donors (Lipinski definition) is 1. The van der Waals surface area contributed by atoms with Crippen LogP contribution in [0.4, 0.5) is 0 Å². The Balaban J connectivity index is 1.93. The van der Waals surface area contributed by atoms with Crippen molar-refractivity contribution in [3.63, 3.8) is 0 Å². The Morgan fingerprint density at radius 3 is 2.47 bits per heavy atom. The fourth-order valence-electron chi connectivity index (χ4n) is 2.82. The van der Waals surface area contributed by atoms with Crippen molar-refractivity contribution < 1.29 is 4.74 Å². The Morgan fingerprint density at radius 1 is 1.24 bits per heavy atom. The summed E-state index contributed by atoms with van der Waals surface area (Å²) in [6.45, 7) is 1.92. The average Bonchev–Trinajstić information content (AvgIpc) is 2.83. The summed E-state index contributed by atoms with van der Waals surface area (Å²) < 4.78 is 5.21. The molecule has 1 heterocycles. The van der Waals surface area contributed by atoms with Crippen LogP contribution in [0.3, 0.4) is 0 Å². The van der Waals surface area contributed by atoms with Crippen molar-refractivity contribution >= 4 is 5.84 Å². The molecule has 1 N–H and O–H groups in total. The third kappa shape index (κ3) is 1.61. The summed E-state index contributed by atoms with van der Waals surface area (Å²) in [7, 11) is 1.71. The van der Waals surface area contributed by atoms with E-state index in [0.717, 1.165) is 18.8 Å². The van der Waals surface area contributed by atoms with Gasteiger partial charge in [0.15, 0.2) is 0 Å². The molecule has 1 aromatic rings. The number of amidine groups is 1. The molecular weight excluding hydrogens is 212 g/mol. The number of hydrogen-bond acceptors (Lipinski definition) is 3. The number of benzene rings is 1. The molecular formula is C14H18N2O. The molecule has 3 heteroatoms. The molecule has 90 valence electrons. The van der Waals surface area contributed by atoms with E-state index in [1.54, 1.807) is 7.11 Å². The third-order valence-corrected chi connectivity index (χ3v) is 3.98. The molecule has 3 nitrogen and oxygen atoms in total. The van der Waals surface area contributed by atoms with E-state index in [9.17, 15) is 0 Å². The first-order valence-electron chi connectivity index (χ1n) is 6.28. The smallest absolute Gasteiger partial charge is 0.118 e. The van der Waals surface area contributed by atoms with Crippen molar-refractivity contribution in [3.8, 4) is 5.75 Å². The maximum atomic E-state index is 5.21. The first kappa shape index (κ1) is 10.6. The Hall–Kier alpha value is -1.51. The molecule has 0 bridgehead atoms. The van der Waals surface area contributed by atoms with Crippen LogP contribution in [0.2, 0.25) is 0 Å². The third-order valence-electron chi connectivity index (χ3n) is 3.98. The summed E-state index contributed by atoms with van der Waals surface area (Å²) >= 11 is 0. The van der Waals surface area contributed by atoms with Gasteiger partial charge in [0.2, 0.25) is 0 Å². The summed E-state index contributed by atoms with van der Waals surface area (Å²) in [5.41, 5.74) is 1.54. The highest BCUT2D eigenvalue weighted by atomic mass is 16.5. The number of ether oxygens (including phenoxy) is 1. The lowest BCUT2D eigenvalue weighted by molar-refractivity contribution is 0.334. The maximum absolute atomic E-state index is 5.21. The van der Waals surface area contributed by atoms with Gasteiger partial charge in [-0.05, 0) is 30.5 Å². The van der Waals surface area contributed by atoms with Crippen LogP contribution in [0.15, 0.2) is 29.3 Å². The van der Waals surface area contributed by atoms with Crippen LogP contribution >= 0.6 is 0 Å². The van der Waals surface area contributed by atoms with Crippen molar-refractivity contribution in [1.29, 1.82) is 0 Å². The van der Waals surface area contributed by atoms with Gasteiger partial charge in [0.25, 0.3) is 0 Å². The van der Waals surface area contributed by atoms with E-state index in [1.165, 1.54) is 30.7 Å². The topological polar surface area (TPSA) is 33.6 Å². The number of nitrogens with zero attached hydrogens (tertiary/aromatic N) is 1. The zero-order chi connectivity index (χ0) is 11.7. The molecule has 17 heavy (non-hydrogen) atoms. The zero-order valence-corrected chi connectivity index (χ0v) is 10.2. The lowest BCUT2D eigenvalue weighted by Gasteiger charge is -2.42. The van der Waals surface area contributed by atoms with Crippen molar-refractivity contribution in [3.05, 3.63) is 29.8 Å². The van der Waals surface area contributed by atoms with Crippen LogP contribution in [-0.2, 0) is 5.41 Å². The molecule has 0 aromatic heterocycles. The fourth-order valence-corrected chi connectivity index (χ4v) is 2.82. The van der Waals surface area contributed by atoms with Gasteiger partial charge in [-0.2, -0.15) is 0 Å². The standard InChI is InChI=1S/C14H18N2O/c1-17-12-5-3-11(4-6-12)14(7-2-8-14)13-15-9-10-16-13/h3-6H,2,7-10H2,1H3,(H,15,16).